The van der Waals surface area contributed by atoms with Crippen molar-refractivity contribution in [2.75, 3.05) is 158 Å². The van der Waals surface area contributed by atoms with Gasteiger partial charge in [-0.3, -0.25) is 0 Å². The summed E-state index contributed by atoms with van der Waals surface area (Å²) < 4.78 is 23.3. The number of hydrogen-bond acceptors (Lipinski definition) is 24. The minimum atomic E-state index is -1.48. The zero-order valence-corrected chi connectivity index (χ0v) is 32.6. The fourth-order valence-electron chi connectivity index (χ4n) is 4.74. The van der Waals surface area contributed by atoms with Gasteiger partial charge in [-0.25, -0.2) is 0 Å². The summed E-state index contributed by atoms with van der Waals surface area (Å²) in [7, 11) is 0. The smallest absolute Gasteiger partial charge is 0.0897 e. The van der Waals surface area contributed by atoms with E-state index in [1.54, 1.807) is 0 Å². The predicted molar refractivity (Wildman–Crippen MR) is 198 cm³/mol. The second-order valence-corrected chi connectivity index (χ2v) is 14.7. The monoisotopic (exact) mass is 844 g/mol. The van der Waals surface area contributed by atoms with Crippen LogP contribution in [0.25, 0.3) is 0 Å². The van der Waals surface area contributed by atoms with Crippen LogP contribution in [0.5, 0.6) is 0 Å². The molecule has 0 aliphatic carbocycles. The van der Waals surface area contributed by atoms with Crippen molar-refractivity contribution in [3.8, 4) is 0 Å². The average molecular weight is 845 g/mol. The molecule has 0 aromatic heterocycles. The van der Waals surface area contributed by atoms with Crippen molar-refractivity contribution in [3.05, 3.63) is 0 Å². The minimum Gasteiger partial charge on any atom is -0.394 e. The van der Waals surface area contributed by atoms with E-state index in [4.69, 9.17) is 18.9 Å². The third-order valence-electron chi connectivity index (χ3n) is 9.36. The van der Waals surface area contributed by atoms with Gasteiger partial charge in [-0.2, -0.15) is 0 Å². The first kappa shape index (κ1) is 56.0. The van der Waals surface area contributed by atoms with Crippen LogP contribution in [0.4, 0.5) is 0 Å². The predicted octanol–water partition coefficient (Wildman–Crippen LogP) is -11.3. The van der Waals surface area contributed by atoms with Crippen LogP contribution < -0.4 is 21.3 Å². The van der Waals surface area contributed by atoms with Crippen LogP contribution >= 0.6 is 0 Å². The molecule has 0 aliphatic heterocycles. The molecule has 0 saturated heterocycles. The van der Waals surface area contributed by atoms with Crippen molar-refractivity contribution in [2.45, 2.75) is 46.6 Å². The number of rotatable bonds is 40. The van der Waals surface area contributed by atoms with Crippen LogP contribution in [0.3, 0.4) is 0 Å². The molecule has 0 aliphatic rings. The Bertz CT molecular complexity index is 782. The van der Waals surface area contributed by atoms with Gasteiger partial charge in [0.1, 0.15) is 0 Å². The fraction of sp³-hybridized carbons (Fsp3) is 1.00. The van der Waals surface area contributed by atoms with E-state index in [1.165, 1.54) is 0 Å². The normalized spacial score (nSPS) is 16.4. The topological polar surface area (TPSA) is 409 Å². The van der Waals surface area contributed by atoms with E-state index in [-0.39, 0.29) is 79.0 Å². The maximum absolute atomic E-state index is 10.6. The maximum Gasteiger partial charge on any atom is 0.0897 e. The van der Waals surface area contributed by atoms with Gasteiger partial charge in [0.05, 0.1) is 184 Å². The number of ether oxygens (including phenoxy) is 4. The first-order chi connectivity index (χ1) is 27.1. The summed E-state index contributed by atoms with van der Waals surface area (Å²) in [5.41, 5.74) is -7.27. The lowest BCUT2D eigenvalue weighted by molar-refractivity contribution is -0.132. The molecule has 0 radical (unpaired) electrons. The highest BCUT2D eigenvalue weighted by atomic mass is 16.5. The van der Waals surface area contributed by atoms with Gasteiger partial charge in [0.15, 0.2) is 0 Å². The average Bonchev–Trinajstić information content (AvgIpc) is 3.23. The quantitative estimate of drug-likeness (QED) is 0.0272. The van der Waals surface area contributed by atoms with Crippen LogP contribution in [0.15, 0.2) is 0 Å². The molecule has 0 aromatic rings. The number of aliphatic hydroxyl groups is 16. The fourth-order valence-corrected chi connectivity index (χ4v) is 4.74. The Morgan fingerprint density at radius 3 is 0.596 bits per heavy atom. The summed E-state index contributed by atoms with van der Waals surface area (Å²) in [5.74, 6) is 0. The first-order valence-electron chi connectivity index (χ1n) is 18.5. The molecular formula is C33H72N4O20. The summed E-state index contributed by atoms with van der Waals surface area (Å²) in [6, 6.07) is 0. The van der Waals surface area contributed by atoms with Crippen molar-refractivity contribution >= 4 is 0 Å². The summed E-state index contributed by atoms with van der Waals surface area (Å²) in [4.78, 5) is 0. The number of aliphatic hydroxyl groups excluding tert-OH is 16. The zero-order valence-electron chi connectivity index (χ0n) is 32.6. The van der Waals surface area contributed by atoms with E-state index in [2.05, 4.69) is 21.3 Å². The second-order valence-electron chi connectivity index (χ2n) is 14.7. The standard InChI is InChI=1S/C33H72N4O20/c38-9-30(10-39,11-40)34-1-25(50)5-54-21-29(22-55-6-26(51)2-35-31(12-41,13-42)14-43,23-56-7-27(52)3-36-32(15-44,16-45)17-46)24-57-8-28(53)4-37-33(18-47,19-48)20-49/h25-28,34-53H,1-24H2. The number of β-amino-alcohol motifs (C(OH)–C–C–N with tert-alkyl or cyclic N) is 4. The van der Waals surface area contributed by atoms with Crippen molar-refractivity contribution in [3.63, 3.8) is 0 Å². The van der Waals surface area contributed by atoms with E-state index >= 15 is 0 Å². The van der Waals surface area contributed by atoms with Gasteiger partial charge >= 0.3 is 0 Å². The lowest BCUT2D eigenvalue weighted by atomic mass is 9.92. The number of hydrogen-bond donors (Lipinski definition) is 20. The van der Waals surface area contributed by atoms with Crippen molar-refractivity contribution in [1.82, 2.24) is 21.3 Å². The molecule has 0 spiro atoms. The molecule has 4 unspecified atom stereocenters. The van der Waals surface area contributed by atoms with Crippen LogP contribution in [-0.2, 0) is 18.9 Å². The van der Waals surface area contributed by atoms with E-state index in [9.17, 15) is 81.7 Å². The second kappa shape index (κ2) is 30.1. The van der Waals surface area contributed by atoms with Crippen LogP contribution in [0.2, 0.25) is 0 Å². The molecule has 20 N–H and O–H groups in total. The van der Waals surface area contributed by atoms with Gasteiger partial charge in [-0.05, 0) is 0 Å². The molecule has 4 atom stereocenters. The molecule has 0 aromatic carbocycles. The van der Waals surface area contributed by atoms with Gasteiger partial charge in [-0.15, -0.1) is 0 Å². The molecule has 0 heterocycles. The first-order valence-corrected chi connectivity index (χ1v) is 18.5. The molecule has 24 heteroatoms. The molecule has 57 heavy (non-hydrogen) atoms. The Morgan fingerprint density at radius 1 is 0.298 bits per heavy atom. The third-order valence-corrected chi connectivity index (χ3v) is 9.36. The lowest BCUT2D eigenvalue weighted by Crippen LogP contribution is -2.57. The molecule has 0 fully saturated rings. The van der Waals surface area contributed by atoms with Gasteiger partial charge in [0, 0.05) is 26.2 Å². The number of nitrogens with one attached hydrogen (secondary N) is 4. The van der Waals surface area contributed by atoms with Gasteiger partial charge in [0.25, 0.3) is 0 Å². The van der Waals surface area contributed by atoms with E-state index in [0.29, 0.717) is 0 Å². The van der Waals surface area contributed by atoms with Crippen molar-refractivity contribution in [2.24, 2.45) is 5.41 Å². The van der Waals surface area contributed by atoms with Crippen LogP contribution in [0, 0.1) is 5.41 Å². The Kier molecular flexibility index (Phi) is 29.6. The van der Waals surface area contributed by atoms with Gasteiger partial charge in [0.2, 0.25) is 0 Å². The highest BCUT2D eigenvalue weighted by Crippen LogP contribution is 2.22. The molecule has 0 amide bonds. The summed E-state index contributed by atoms with van der Waals surface area (Å²) in [5, 5.41) is 168. The van der Waals surface area contributed by atoms with Crippen LogP contribution in [0.1, 0.15) is 0 Å². The summed E-state index contributed by atoms with van der Waals surface area (Å²) in [6.07, 6.45) is -4.99. The SMILES string of the molecule is OCC(CO)(CO)NCC(O)COCC(COCC(O)CNC(CO)(CO)CO)(COCC(O)CNC(CO)(CO)CO)COCC(O)CNC(CO)(CO)CO. The highest BCUT2D eigenvalue weighted by Gasteiger charge is 2.36. The summed E-state index contributed by atoms with van der Waals surface area (Å²) >= 11 is 0. The molecule has 0 rings (SSSR count). The van der Waals surface area contributed by atoms with Gasteiger partial charge < -0.3 is 122 Å². The lowest BCUT2D eigenvalue weighted by Gasteiger charge is -2.35. The third kappa shape index (κ3) is 20.4. The largest absolute Gasteiger partial charge is 0.394 e. The Balaban J connectivity index is 6.12. The molecule has 0 bridgehead atoms. The molecule has 0 saturated carbocycles. The minimum absolute atomic E-state index is 0.235. The van der Waals surface area contributed by atoms with E-state index in [1.807, 2.05) is 0 Å². The highest BCUT2D eigenvalue weighted by molar-refractivity contribution is 4.90. The van der Waals surface area contributed by atoms with E-state index in [0.717, 1.165) is 0 Å². The maximum atomic E-state index is 10.6. The molecule has 344 valence electrons. The van der Waals surface area contributed by atoms with Crippen molar-refractivity contribution in [1.29, 1.82) is 0 Å². The Hall–Kier alpha value is -0.960. The van der Waals surface area contributed by atoms with E-state index < -0.39 is 131 Å². The van der Waals surface area contributed by atoms with Crippen LogP contribution in [-0.4, -0.2) is 287 Å². The van der Waals surface area contributed by atoms with Crippen molar-refractivity contribution < 1.29 is 101 Å². The molecule has 24 nitrogen and oxygen atoms in total. The summed E-state index contributed by atoms with van der Waals surface area (Å²) in [6.45, 7) is -11.3. The molecular weight excluding hydrogens is 772 g/mol. The Morgan fingerprint density at radius 2 is 0.456 bits per heavy atom. The van der Waals surface area contributed by atoms with Gasteiger partial charge in [-0.1, -0.05) is 0 Å². The zero-order chi connectivity index (χ0) is 43.4. The Labute approximate surface area is 332 Å².